The molecule has 2 aromatic carbocycles. The van der Waals surface area contributed by atoms with E-state index in [0.717, 1.165) is 10.5 Å². The van der Waals surface area contributed by atoms with Crippen molar-refractivity contribution in [1.82, 2.24) is 15.5 Å². The van der Waals surface area contributed by atoms with Crippen LogP contribution in [0.1, 0.15) is 58.9 Å². The minimum atomic E-state index is -4.02. The van der Waals surface area contributed by atoms with Crippen LogP contribution < -0.4 is 21.3 Å². The number of para-hydroxylation sites is 1. The largest absolute Gasteiger partial charge is 0.354 e. The molecule has 1 unspecified atom stereocenters. The minimum Gasteiger partial charge on any atom is -0.354 e. The molecule has 5 amide bonds. The van der Waals surface area contributed by atoms with Gasteiger partial charge in [0.1, 0.15) is 12.1 Å². The van der Waals surface area contributed by atoms with E-state index < -0.39 is 61.2 Å². The van der Waals surface area contributed by atoms with Crippen LogP contribution in [0.2, 0.25) is 0 Å². The molecule has 0 aromatic heterocycles. The lowest BCUT2D eigenvalue weighted by atomic mass is 9.98. The highest BCUT2D eigenvalue weighted by atomic mass is 31.2. The summed E-state index contributed by atoms with van der Waals surface area (Å²) in [5.74, 6) is -3.27. The molecule has 3 rings (SSSR count). The van der Waals surface area contributed by atoms with E-state index >= 15 is 0 Å². The molecular formula is C35H50N5O7P. The quantitative estimate of drug-likeness (QED) is 0.195. The lowest BCUT2D eigenvalue weighted by Gasteiger charge is -2.29. The van der Waals surface area contributed by atoms with Gasteiger partial charge in [-0.3, -0.25) is 28.5 Å². The summed E-state index contributed by atoms with van der Waals surface area (Å²) in [6.07, 6.45) is 1.48. The summed E-state index contributed by atoms with van der Waals surface area (Å²) in [6.45, 7) is 7.06. The highest BCUT2D eigenvalue weighted by Gasteiger charge is 2.37. The summed E-state index contributed by atoms with van der Waals surface area (Å²) in [6, 6.07) is 15.3. The molecule has 1 aliphatic rings. The Labute approximate surface area is 283 Å². The van der Waals surface area contributed by atoms with E-state index in [9.17, 15) is 33.4 Å². The molecule has 0 aliphatic carbocycles. The van der Waals surface area contributed by atoms with Gasteiger partial charge in [-0.25, -0.2) is 4.90 Å². The Morgan fingerprint density at radius 3 is 2.23 bits per heavy atom. The number of rotatable bonds is 16. The first kappa shape index (κ1) is 38.6. The van der Waals surface area contributed by atoms with E-state index in [2.05, 4.69) is 10.6 Å². The van der Waals surface area contributed by atoms with Gasteiger partial charge in [-0.2, -0.15) is 0 Å². The van der Waals surface area contributed by atoms with Crippen molar-refractivity contribution >= 4 is 42.6 Å². The number of carbonyl (C=O) groups excluding carboxylic acids is 5. The number of imide groups is 1. The lowest BCUT2D eigenvalue weighted by Crippen LogP contribution is -2.52. The van der Waals surface area contributed by atoms with Crippen molar-refractivity contribution in [3.05, 3.63) is 66.2 Å². The highest BCUT2D eigenvalue weighted by molar-refractivity contribution is 7.58. The van der Waals surface area contributed by atoms with Gasteiger partial charge in [0.2, 0.25) is 31.0 Å². The SMILES string of the molecule is CC(=O)N1CCC[C@H]1C(=O)N[C@@H](C)C(=O)NCCP(=O)(O)C[C@H](CCc1ccccc1)C(=O)N(C(=O)[C@@H](N)CC(C)C)c1ccccc1. The first-order valence-electron chi connectivity index (χ1n) is 16.6. The van der Waals surface area contributed by atoms with Crippen LogP contribution in [0, 0.1) is 11.8 Å². The molecule has 0 bridgehead atoms. The third-order valence-electron chi connectivity index (χ3n) is 8.45. The molecule has 13 heteroatoms. The molecule has 1 heterocycles. The number of hydrogen-bond donors (Lipinski definition) is 4. The molecule has 5 N–H and O–H groups in total. The topological polar surface area (TPSA) is 179 Å². The minimum absolute atomic E-state index is 0.104. The van der Waals surface area contributed by atoms with Crippen LogP contribution in [-0.2, 0) is 35.0 Å². The summed E-state index contributed by atoms with van der Waals surface area (Å²) in [4.78, 5) is 78.8. The molecule has 1 fully saturated rings. The van der Waals surface area contributed by atoms with Gasteiger partial charge < -0.3 is 26.2 Å². The number of nitrogens with one attached hydrogen (secondary N) is 2. The second-order valence-corrected chi connectivity index (χ2v) is 15.5. The molecular weight excluding hydrogens is 633 g/mol. The molecule has 1 aliphatic heterocycles. The predicted molar refractivity (Wildman–Crippen MR) is 185 cm³/mol. The smallest absolute Gasteiger partial charge is 0.250 e. The molecule has 0 saturated carbocycles. The van der Waals surface area contributed by atoms with Crippen molar-refractivity contribution in [2.45, 2.75) is 77.9 Å². The van der Waals surface area contributed by atoms with Gasteiger partial charge in [0.25, 0.3) is 5.91 Å². The molecule has 12 nitrogen and oxygen atoms in total. The third kappa shape index (κ3) is 11.4. The Hall–Kier alpha value is -3.86. The second-order valence-electron chi connectivity index (χ2n) is 12.9. The summed E-state index contributed by atoms with van der Waals surface area (Å²) in [5, 5.41) is 5.22. The molecule has 262 valence electrons. The van der Waals surface area contributed by atoms with Crippen molar-refractivity contribution in [3.63, 3.8) is 0 Å². The average Bonchev–Trinajstić information content (AvgIpc) is 3.54. The van der Waals surface area contributed by atoms with E-state index in [1.54, 1.807) is 30.3 Å². The summed E-state index contributed by atoms with van der Waals surface area (Å²) in [5.41, 5.74) is 7.52. The number of carbonyl (C=O) groups is 5. The van der Waals surface area contributed by atoms with E-state index in [4.69, 9.17) is 5.73 Å². The van der Waals surface area contributed by atoms with E-state index in [0.29, 0.717) is 37.9 Å². The zero-order chi connectivity index (χ0) is 35.4. The van der Waals surface area contributed by atoms with Crippen molar-refractivity contribution in [1.29, 1.82) is 0 Å². The van der Waals surface area contributed by atoms with Gasteiger partial charge in [0.15, 0.2) is 0 Å². The molecule has 48 heavy (non-hydrogen) atoms. The molecule has 2 aromatic rings. The van der Waals surface area contributed by atoms with E-state index in [-0.39, 0.29) is 31.0 Å². The second kappa shape index (κ2) is 18.1. The molecule has 5 atom stereocenters. The number of nitrogens with two attached hydrogens (primary N) is 1. The standard InChI is InChI=1S/C35H50N5O7P/c1-24(2)22-30(36)35(45)40(29-14-9-6-10-15-29)34(44)28(18-17-27-12-7-5-8-13-27)23-48(46,47)21-19-37-32(42)25(3)38-33(43)31-16-11-20-39(31)26(4)41/h5-10,12-15,24-25,28,30-31H,11,16-23,36H2,1-4H3,(H,37,42)(H,38,43)(H,46,47)/t25-,28-,30-,31-/m0/s1. The van der Waals surface area contributed by atoms with Crippen LogP contribution in [0.25, 0.3) is 0 Å². The number of benzene rings is 2. The van der Waals surface area contributed by atoms with Crippen molar-refractivity contribution in [2.75, 3.05) is 30.3 Å². The Morgan fingerprint density at radius 2 is 1.62 bits per heavy atom. The van der Waals surface area contributed by atoms with Crippen molar-refractivity contribution in [2.24, 2.45) is 17.6 Å². The van der Waals surface area contributed by atoms with Gasteiger partial charge in [-0.1, -0.05) is 62.4 Å². The number of aryl methyl sites for hydroxylation is 1. The van der Waals surface area contributed by atoms with Crippen LogP contribution in [-0.4, -0.2) is 82.9 Å². The van der Waals surface area contributed by atoms with Crippen LogP contribution in [0.15, 0.2) is 60.7 Å². The Kier molecular flexibility index (Phi) is 14.5. The summed E-state index contributed by atoms with van der Waals surface area (Å²) < 4.78 is 13.6. The van der Waals surface area contributed by atoms with Crippen LogP contribution in [0.3, 0.4) is 0 Å². The van der Waals surface area contributed by atoms with Crippen LogP contribution in [0.4, 0.5) is 5.69 Å². The summed E-state index contributed by atoms with van der Waals surface area (Å²) in [7, 11) is -4.02. The number of anilines is 1. The number of hydrogen-bond acceptors (Lipinski definition) is 7. The fraction of sp³-hybridized carbons (Fsp3) is 0.514. The number of amides is 5. The third-order valence-corrected chi connectivity index (χ3v) is 10.4. The molecule has 1 saturated heterocycles. The van der Waals surface area contributed by atoms with Gasteiger partial charge >= 0.3 is 0 Å². The van der Waals surface area contributed by atoms with Crippen LogP contribution >= 0.6 is 7.37 Å². The fourth-order valence-electron chi connectivity index (χ4n) is 5.91. The predicted octanol–water partition coefficient (Wildman–Crippen LogP) is 3.07. The normalized spacial score (nSPS) is 17.6. The van der Waals surface area contributed by atoms with E-state index in [1.165, 1.54) is 18.7 Å². The van der Waals surface area contributed by atoms with Gasteiger partial charge in [0.05, 0.1) is 11.7 Å². The van der Waals surface area contributed by atoms with Gasteiger partial charge in [-0.15, -0.1) is 0 Å². The highest BCUT2D eigenvalue weighted by Crippen LogP contribution is 2.43. The average molecular weight is 684 g/mol. The lowest BCUT2D eigenvalue weighted by molar-refractivity contribution is -0.138. The number of likely N-dealkylation sites (tertiary alicyclic amines) is 1. The number of nitrogens with zero attached hydrogens (tertiary/aromatic N) is 2. The maximum absolute atomic E-state index is 14.2. The maximum atomic E-state index is 14.2. The zero-order valence-corrected chi connectivity index (χ0v) is 29.2. The maximum Gasteiger partial charge on any atom is 0.250 e. The monoisotopic (exact) mass is 683 g/mol. The fourth-order valence-corrected chi connectivity index (χ4v) is 7.58. The van der Waals surface area contributed by atoms with Crippen LogP contribution in [0.5, 0.6) is 0 Å². The van der Waals surface area contributed by atoms with Gasteiger partial charge in [0, 0.05) is 38.3 Å². The Bertz CT molecular complexity index is 1460. The first-order valence-corrected chi connectivity index (χ1v) is 18.6. The van der Waals surface area contributed by atoms with E-state index in [1.807, 2.05) is 44.2 Å². The molecule has 0 spiro atoms. The Morgan fingerprint density at radius 1 is 1.00 bits per heavy atom. The first-order chi connectivity index (χ1) is 22.7. The van der Waals surface area contributed by atoms with Crippen molar-refractivity contribution < 1.29 is 33.4 Å². The summed E-state index contributed by atoms with van der Waals surface area (Å²) >= 11 is 0. The zero-order valence-electron chi connectivity index (χ0n) is 28.3. The molecule has 0 radical (unpaired) electrons. The van der Waals surface area contributed by atoms with Crippen molar-refractivity contribution in [3.8, 4) is 0 Å². The Balaban J connectivity index is 1.72. The van der Waals surface area contributed by atoms with Gasteiger partial charge in [-0.05, 0) is 62.6 Å².